The highest BCUT2D eigenvalue weighted by Crippen LogP contribution is 2.26. The Morgan fingerprint density at radius 1 is 1.05 bits per heavy atom. The molecule has 2 atom stereocenters. The summed E-state index contributed by atoms with van der Waals surface area (Å²) < 4.78 is 0. The minimum Gasteiger partial charge on any atom is -0.312 e. The SMILES string of the molecule is CC1CCCC(N(C)CCCCCCNC(C)(C)C)C1. The Balaban J connectivity index is 1.98. The van der Waals surface area contributed by atoms with Crippen LogP contribution in [0.5, 0.6) is 0 Å². The fraction of sp³-hybridized carbons (Fsp3) is 1.00. The molecule has 120 valence electrons. The van der Waals surface area contributed by atoms with Gasteiger partial charge < -0.3 is 10.2 Å². The summed E-state index contributed by atoms with van der Waals surface area (Å²) in [6.45, 7) is 11.6. The molecule has 0 radical (unpaired) electrons. The smallest absolute Gasteiger partial charge is 0.00965 e. The van der Waals surface area contributed by atoms with Gasteiger partial charge in [-0.3, -0.25) is 0 Å². The fourth-order valence-electron chi connectivity index (χ4n) is 3.29. The van der Waals surface area contributed by atoms with Crippen molar-refractivity contribution in [2.45, 2.75) is 90.6 Å². The maximum Gasteiger partial charge on any atom is 0.00965 e. The lowest BCUT2D eigenvalue weighted by molar-refractivity contribution is 0.161. The molecule has 1 aliphatic rings. The molecule has 0 aromatic heterocycles. The van der Waals surface area contributed by atoms with Gasteiger partial charge in [-0.25, -0.2) is 0 Å². The molecule has 20 heavy (non-hydrogen) atoms. The van der Waals surface area contributed by atoms with Gasteiger partial charge in [0, 0.05) is 11.6 Å². The van der Waals surface area contributed by atoms with E-state index in [0.717, 1.165) is 12.0 Å². The molecule has 1 fully saturated rings. The molecule has 2 heteroatoms. The predicted octanol–water partition coefficient (Wildman–Crippen LogP) is 4.45. The van der Waals surface area contributed by atoms with Gasteiger partial charge in [-0.1, -0.05) is 32.6 Å². The van der Waals surface area contributed by atoms with Gasteiger partial charge in [-0.2, -0.15) is 0 Å². The second-order valence-electron chi connectivity index (χ2n) is 8.00. The van der Waals surface area contributed by atoms with Crippen LogP contribution in [0.15, 0.2) is 0 Å². The van der Waals surface area contributed by atoms with Gasteiger partial charge in [0.1, 0.15) is 0 Å². The maximum absolute atomic E-state index is 3.57. The highest BCUT2D eigenvalue weighted by Gasteiger charge is 2.21. The summed E-state index contributed by atoms with van der Waals surface area (Å²) in [4.78, 5) is 2.63. The molecule has 2 unspecified atom stereocenters. The van der Waals surface area contributed by atoms with Crippen LogP contribution in [-0.4, -0.2) is 36.6 Å². The average Bonchev–Trinajstić information content (AvgIpc) is 2.36. The molecule has 0 bridgehead atoms. The first-order chi connectivity index (χ1) is 9.38. The number of unbranched alkanes of at least 4 members (excludes halogenated alkanes) is 3. The molecule has 0 spiro atoms. The zero-order chi connectivity index (χ0) is 15.0. The number of rotatable bonds is 8. The van der Waals surface area contributed by atoms with E-state index < -0.39 is 0 Å². The third kappa shape index (κ3) is 8.26. The van der Waals surface area contributed by atoms with Crippen LogP contribution in [0.2, 0.25) is 0 Å². The van der Waals surface area contributed by atoms with E-state index in [2.05, 4.69) is 45.0 Å². The molecular formula is C18H38N2. The van der Waals surface area contributed by atoms with E-state index in [0.29, 0.717) is 0 Å². The van der Waals surface area contributed by atoms with Crippen LogP contribution in [0.4, 0.5) is 0 Å². The van der Waals surface area contributed by atoms with Gasteiger partial charge in [0.2, 0.25) is 0 Å². The van der Waals surface area contributed by atoms with Crippen molar-refractivity contribution in [1.29, 1.82) is 0 Å². The molecule has 1 saturated carbocycles. The molecule has 1 aliphatic carbocycles. The summed E-state index contributed by atoms with van der Waals surface area (Å²) in [5.41, 5.74) is 0.276. The Morgan fingerprint density at radius 3 is 2.40 bits per heavy atom. The first-order valence-electron chi connectivity index (χ1n) is 8.84. The summed E-state index contributed by atoms with van der Waals surface area (Å²) in [6, 6.07) is 0.862. The number of nitrogens with one attached hydrogen (secondary N) is 1. The van der Waals surface area contributed by atoms with Gasteiger partial charge >= 0.3 is 0 Å². The zero-order valence-corrected chi connectivity index (χ0v) is 14.7. The van der Waals surface area contributed by atoms with E-state index in [1.165, 1.54) is 64.5 Å². The first-order valence-corrected chi connectivity index (χ1v) is 8.84. The van der Waals surface area contributed by atoms with E-state index in [4.69, 9.17) is 0 Å². The van der Waals surface area contributed by atoms with Crippen molar-refractivity contribution < 1.29 is 0 Å². The molecule has 0 saturated heterocycles. The van der Waals surface area contributed by atoms with Crippen LogP contribution in [0.25, 0.3) is 0 Å². The number of hydrogen-bond donors (Lipinski definition) is 1. The minimum absolute atomic E-state index is 0.276. The monoisotopic (exact) mass is 282 g/mol. The molecule has 2 nitrogen and oxygen atoms in total. The second kappa shape index (κ2) is 9.04. The van der Waals surface area contributed by atoms with Crippen molar-refractivity contribution >= 4 is 0 Å². The van der Waals surface area contributed by atoms with Gasteiger partial charge in [0.15, 0.2) is 0 Å². The largest absolute Gasteiger partial charge is 0.312 e. The van der Waals surface area contributed by atoms with Crippen molar-refractivity contribution in [3.05, 3.63) is 0 Å². The molecule has 0 aromatic carbocycles. The summed E-state index contributed by atoms with van der Waals surface area (Å²) in [5.74, 6) is 0.944. The normalized spacial score (nSPS) is 24.3. The Bertz CT molecular complexity index is 244. The van der Waals surface area contributed by atoms with Crippen molar-refractivity contribution in [1.82, 2.24) is 10.2 Å². The van der Waals surface area contributed by atoms with Gasteiger partial charge in [0.25, 0.3) is 0 Å². The summed E-state index contributed by atoms with van der Waals surface area (Å²) in [5, 5.41) is 3.57. The van der Waals surface area contributed by atoms with Gasteiger partial charge in [-0.15, -0.1) is 0 Å². The maximum atomic E-state index is 3.57. The lowest BCUT2D eigenvalue weighted by atomic mass is 9.86. The van der Waals surface area contributed by atoms with E-state index in [1.807, 2.05) is 0 Å². The third-order valence-electron chi connectivity index (χ3n) is 4.62. The summed E-state index contributed by atoms with van der Waals surface area (Å²) >= 11 is 0. The van der Waals surface area contributed by atoms with Crippen molar-refractivity contribution in [2.75, 3.05) is 20.1 Å². The molecule has 1 rings (SSSR count). The van der Waals surface area contributed by atoms with E-state index in [1.54, 1.807) is 0 Å². The topological polar surface area (TPSA) is 15.3 Å². The summed E-state index contributed by atoms with van der Waals surface area (Å²) in [7, 11) is 2.34. The van der Waals surface area contributed by atoms with E-state index in [-0.39, 0.29) is 5.54 Å². The van der Waals surface area contributed by atoms with Gasteiger partial charge in [0.05, 0.1) is 0 Å². The Hall–Kier alpha value is -0.0800. The average molecular weight is 283 g/mol. The van der Waals surface area contributed by atoms with Crippen molar-refractivity contribution in [3.63, 3.8) is 0 Å². The molecule has 0 aromatic rings. The standard InChI is InChI=1S/C18H38N2/c1-16-11-10-12-17(15-16)20(5)14-9-7-6-8-13-19-18(2,3)4/h16-17,19H,6-15H2,1-5H3. The van der Waals surface area contributed by atoms with Crippen LogP contribution in [0.3, 0.4) is 0 Å². The Morgan fingerprint density at radius 2 is 1.75 bits per heavy atom. The van der Waals surface area contributed by atoms with Crippen LogP contribution in [0, 0.1) is 5.92 Å². The van der Waals surface area contributed by atoms with Crippen LogP contribution in [-0.2, 0) is 0 Å². The molecule has 1 N–H and O–H groups in total. The van der Waals surface area contributed by atoms with Crippen LogP contribution in [0.1, 0.15) is 79.1 Å². The highest BCUT2D eigenvalue weighted by atomic mass is 15.1. The van der Waals surface area contributed by atoms with Crippen molar-refractivity contribution in [3.8, 4) is 0 Å². The quantitative estimate of drug-likeness (QED) is 0.662. The predicted molar refractivity (Wildman–Crippen MR) is 90.3 cm³/mol. The molecular weight excluding hydrogens is 244 g/mol. The van der Waals surface area contributed by atoms with Crippen LogP contribution >= 0.6 is 0 Å². The number of nitrogens with zero attached hydrogens (tertiary/aromatic N) is 1. The van der Waals surface area contributed by atoms with E-state index in [9.17, 15) is 0 Å². The lowest BCUT2D eigenvalue weighted by Gasteiger charge is -2.34. The lowest BCUT2D eigenvalue weighted by Crippen LogP contribution is -2.36. The highest BCUT2D eigenvalue weighted by molar-refractivity contribution is 4.77. The van der Waals surface area contributed by atoms with E-state index >= 15 is 0 Å². The Labute approximate surface area is 127 Å². The minimum atomic E-state index is 0.276. The van der Waals surface area contributed by atoms with Crippen molar-refractivity contribution in [2.24, 2.45) is 5.92 Å². The molecule has 0 aliphatic heterocycles. The zero-order valence-electron chi connectivity index (χ0n) is 14.7. The molecule has 0 heterocycles. The molecule has 0 amide bonds. The van der Waals surface area contributed by atoms with Crippen LogP contribution < -0.4 is 5.32 Å². The second-order valence-corrected chi connectivity index (χ2v) is 8.00. The third-order valence-corrected chi connectivity index (χ3v) is 4.62. The van der Waals surface area contributed by atoms with Gasteiger partial charge in [-0.05, 0) is 72.5 Å². The fourth-order valence-corrected chi connectivity index (χ4v) is 3.29. The first kappa shape index (κ1) is 18.0. The Kier molecular flexibility index (Phi) is 8.13. The summed E-state index contributed by atoms with van der Waals surface area (Å²) in [6.07, 6.45) is 11.2. The number of hydrogen-bond acceptors (Lipinski definition) is 2.